The van der Waals surface area contributed by atoms with Crippen molar-refractivity contribution in [1.29, 1.82) is 0 Å². The maximum atomic E-state index is 10.8. The number of rotatable bonds is 8. The molecule has 2 aromatic carbocycles. The Morgan fingerprint density at radius 2 is 1.74 bits per heavy atom. The van der Waals surface area contributed by atoms with Crippen molar-refractivity contribution in [3.8, 4) is 0 Å². The summed E-state index contributed by atoms with van der Waals surface area (Å²) in [5, 5.41) is 19.4. The SMILES string of the molecule is CCN(CC[N+]12CCN(CC1)CC2)c1ccc(N=Nc2ccc([N+](=O)[O-])cc2)c(C)c1. The first-order valence-corrected chi connectivity index (χ1v) is 11.1. The Kier molecular flexibility index (Phi) is 6.29. The zero-order valence-electron chi connectivity index (χ0n) is 18.4. The third-order valence-corrected chi connectivity index (χ3v) is 6.78. The predicted molar refractivity (Wildman–Crippen MR) is 123 cm³/mol. The second kappa shape index (κ2) is 9.11. The van der Waals surface area contributed by atoms with E-state index in [1.165, 1.54) is 68.1 Å². The Labute approximate surface area is 183 Å². The maximum Gasteiger partial charge on any atom is 0.269 e. The van der Waals surface area contributed by atoms with Gasteiger partial charge in [-0.25, -0.2) is 0 Å². The lowest BCUT2D eigenvalue weighted by atomic mass is 10.1. The fourth-order valence-electron chi connectivity index (χ4n) is 4.57. The molecule has 8 nitrogen and oxygen atoms in total. The highest BCUT2D eigenvalue weighted by Crippen LogP contribution is 2.28. The molecule has 0 saturated carbocycles. The summed E-state index contributed by atoms with van der Waals surface area (Å²) in [6.45, 7) is 15.1. The van der Waals surface area contributed by atoms with Crippen LogP contribution in [0.3, 0.4) is 0 Å². The van der Waals surface area contributed by atoms with Crippen molar-refractivity contribution in [2.45, 2.75) is 13.8 Å². The molecule has 0 amide bonds. The van der Waals surface area contributed by atoms with Gasteiger partial charge in [0.2, 0.25) is 0 Å². The van der Waals surface area contributed by atoms with Crippen molar-refractivity contribution in [2.24, 2.45) is 10.2 Å². The standard InChI is InChI=1S/C23H31N6O2/c1-3-27(13-17-29-14-10-26(11-15-29)12-16-29)22-8-9-23(19(2)18-22)25-24-20-4-6-21(7-5-20)28(30)31/h4-9,18H,3,10-17H2,1-2H3/q+1. The molecule has 3 saturated heterocycles. The zero-order chi connectivity index (χ0) is 21.8. The molecule has 0 unspecified atom stereocenters. The van der Waals surface area contributed by atoms with Gasteiger partial charge in [-0.3, -0.25) is 15.0 Å². The fourth-order valence-corrected chi connectivity index (χ4v) is 4.57. The number of non-ortho nitro benzene ring substituents is 1. The van der Waals surface area contributed by atoms with Gasteiger partial charge in [0.15, 0.2) is 0 Å². The Bertz CT molecular complexity index is 937. The number of quaternary nitrogens is 1. The second-order valence-corrected chi connectivity index (χ2v) is 8.60. The van der Waals surface area contributed by atoms with Gasteiger partial charge in [-0.2, -0.15) is 10.2 Å². The van der Waals surface area contributed by atoms with E-state index in [1.54, 1.807) is 12.1 Å². The highest BCUT2D eigenvalue weighted by Gasteiger charge is 2.38. The number of anilines is 1. The quantitative estimate of drug-likeness (QED) is 0.275. The first-order chi connectivity index (χ1) is 15.0. The normalized spacial score (nSPS) is 22.7. The van der Waals surface area contributed by atoms with Crippen LogP contribution in [-0.2, 0) is 0 Å². The van der Waals surface area contributed by atoms with Crippen molar-refractivity contribution in [3.05, 3.63) is 58.1 Å². The summed E-state index contributed by atoms with van der Waals surface area (Å²) in [6, 6.07) is 12.4. The molecule has 3 heterocycles. The molecule has 0 aliphatic carbocycles. The van der Waals surface area contributed by atoms with Gasteiger partial charge in [0.1, 0.15) is 0 Å². The van der Waals surface area contributed by atoms with Crippen molar-refractivity contribution in [3.63, 3.8) is 0 Å². The highest BCUT2D eigenvalue weighted by atomic mass is 16.6. The summed E-state index contributed by atoms with van der Waals surface area (Å²) in [5.41, 5.74) is 3.76. The summed E-state index contributed by atoms with van der Waals surface area (Å²) in [5.74, 6) is 0. The number of likely N-dealkylation sites (N-methyl/N-ethyl adjacent to an activating group) is 1. The average Bonchev–Trinajstić information content (AvgIpc) is 2.80. The smallest absolute Gasteiger partial charge is 0.269 e. The first kappa shape index (κ1) is 21.4. The van der Waals surface area contributed by atoms with Crippen LogP contribution in [0.15, 0.2) is 52.7 Å². The molecule has 3 aliphatic rings. The summed E-state index contributed by atoms with van der Waals surface area (Å²) in [7, 11) is 0. The molecule has 8 heteroatoms. The number of aryl methyl sites for hydroxylation is 1. The van der Waals surface area contributed by atoms with Crippen molar-refractivity contribution in [1.82, 2.24) is 4.90 Å². The molecular formula is C23H31N6O2+. The molecule has 31 heavy (non-hydrogen) atoms. The average molecular weight is 424 g/mol. The van der Waals surface area contributed by atoms with Crippen molar-refractivity contribution >= 4 is 22.7 Å². The summed E-state index contributed by atoms with van der Waals surface area (Å²) in [4.78, 5) is 15.4. The Morgan fingerprint density at radius 1 is 1.06 bits per heavy atom. The van der Waals surface area contributed by atoms with Gasteiger partial charge in [0.25, 0.3) is 5.69 Å². The van der Waals surface area contributed by atoms with Gasteiger partial charge in [-0.15, -0.1) is 0 Å². The van der Waals surface area contributed by atoms with E-state index in [9.17, 15) is 10.1 Å². The Hall–Kier alpha value is -2.84. The molecule has 0 radical (unpaired) electrons. The molecule has 3 fully saturated rings. The molecule has 3 aliphatic heterocycles. The molecule has 0 spiro atoms. The van der Waals surface area contributed by atoms with Crippen molar-refractivity contribution in [2.75, 3.05) is 63.8 Å². The number of benzene rings is 2. The van der Waals surface area contributed by atoms with Gasteiger partial charge in [-0.1, -0.05) is 0 Å². The summed E-state index contributed by atoms with van der Waals surface area (Å²) < 4.78 is 1.27. The summed E-state index contributed by atoms with van der Waals surface area (Å²) >= 11 is 0. The molecule has 0 N–H and O–H groups in total. The van der Waals surface area contributed by atoms with Gasteiger partial charge in [0, 0.05) is 44.0 Å². The molecule has 2 aromatic rings. The molecular weight excluding hydrogens is 392 g/mol. The van der Waals surface area contributed by atoms with Crippen LogP contribution in [0.2, 0.25) is 0 Å². The number of piperazine rings is 3. The van der Waals surface area contributed by atoms with E-state index in [0.29, 0.717) is 5.69 Å². The maximum absolute atomic E-state index is 10.8. The number of nitro benzene ring substituents is 1. The van der Waals surface area contributed by atoms with Crippen LogP contribution < -0.4 is 4.90 Å². The van der Waals surface area contributed by atoms with Crippen LogP contribution in [0.5, 0.6) is 0 Å². The number of azo groups is 1. The minimum absolute atomic E-state index is 0.0519. The monoisotopic (exact) mass is 423 g/mol. The van der Waals surface area contributed by atoms with Gasteiger partial charge in [-0.05, 0) is 49.7 Å². The van der Waals surface area contributed by atoms with Crippen LogP contribution in [-0.4, -0.2) is 73.2 Å². The third kappa shape index (κ3) is 4.91. The van der Waals surface area contributed by atoms with E-state index >= 15 is 0 Å². The molecule has 2 bridgehead atoms. The molecule has 164 valence electrons. The lowest BCUT2D eigenvalue weighted by molar-refractivity contribution is -0.939. The summed E-state index contributed by atoms with van der Waals surface area (Å²) in [6.07, 6.45) is 0. The van der Waals surface area contributed by atoms with E-state index in [4.69, 9.17) is 0 Å². The highest BCUT2D eigenvalue weighted by molar-refractivity contribution is 5.57. The first-order valence-electron chi connectivity index (χ1n) is 11.1. The van der Waals surface area contributed by atoms with E-state index < -0.39 is 4.92 Å². The van der Waals surface area contributed by atoms with E-state index in [2.05, 4.69) is 39.1 Å². The van der Waals surface area contributed by atoms with Crippen LogP contribution in [0.1, 0.15) is 12.5 Å². The van der Waals surface area contributed by atoms with E-state index in [0.717, 1.165) is 24.3 Å². The van der Waals surface area contributed by atoms with Crippen molar-refractivity contribution < 1.29 is 9.41 Å². The van der Waals surface area contributed by atoms with Crippen LogP contribution >= 0.6 is 0 Å². The number of nitrogens with zero attached hydrogens (tertiary/aromatic N) is 6. The fraction of sp³-hybridized carbons (Fsp3) is 0.478. The number of hydrogen-bond donors (Lipinski definition) is 0. The van der Waals surface area contributed by atoms with E-state index in [1.807, 2.05) is 13.0 Å². The number of fused-ring (bicyclic) bond motifs is 3. The molecule has 0 aromatic heterocycles. The minimum Gasteiger partial charge on any atom is -0.366 e. The minimum atomic E-state index is -0.418. The Morgan fingerprint density at radius 3 is 2.32 bits per heavy atom. The van der Waals surface area contributed by atoms with Gasteiger partial charge in [0.05, 0.1) is 49.0 Å². The Balaban J connectivity index is 1.41. The van der Waals surface area contributed by atoms with Crippen LogP contribution in [0.25, 0.3) is 0 Å². The molecule has 0 atom stereocenters. The number of hydrogen-bond acceptors (Lipinski definition) is 6. The molecule has 5 rings (SSSR count). The largest absolute Gasteiger partial charge is 0.366 e. The zero-order valence-corrected chi connectivity index (χ0v) is 18.4. The number of nitro groups is 1. The topological polar surface area (TPSA) is 74.3 Å². The third-order valence-electron chi connectivity index (χ3n) is 6.78. The van der Waals surface area contributed by atoms with Crippen LogP contribution in [0.4, 0.5) is 22.7 Å². The lowest BCUT2D eigenvalue weighted by Crippen LogP contribution is -2.68. The lowest BCUT2D eigenvalue weighted by Gasteiger charge is -2.51. The second-order valence-electron chi connectivity index (χ2n) is 8.60. The van der Waals surface area contributed by atoms with E-state index in [-0.39, 0.29) is 5.69 Å². The predicted octanol–water partition coefficient (Wildman–Crippen LogP) is 4.29. The van der Waals surface area contributed by atoms with Gasteiger partial charge < -0.3 is 9.38 Å². The van der Waals surface area contributed by atoms with Gasteiger partial charge >= 0.3 is 0 Å². The van der Waals surface area contributed by atoms with Crippen LogP contribution in [0, 0.1) is 17.0 Å².